The van der Waals surface area contributed by atoms with E-state index >= 15 is 0 Å². The monoisotopic (exact) mass is 273 g/mol. The Labute approximate surface area is 118 Å². The molecule has 1 unspecified atom stereocenters. The first-order chi connectivity index (χ1) is 9.70. The summed E-state index contributed by atoms with van der Waals surface area (Å²) in [6.07, 6.45) is 4.04. The van der Waals surface area contributed by atoms with Crippen molar-refractivity contribution in [3.8, 4) is 6.07 Å². The standard InChI is InChI=1S/C14H19N5O/c1-10(11-4-5-11)19-14(20)18-8-7-17-13-12(9-15)3-2-6-16-13/h2-3,6,10-11H,4-5,7-8H2,1H3,(H,16,17)(H2,18,19,20). The first-order valence-electron chi connectivity index (χ1n) is 6.84. The smallest absolute Gasteiger partial charge is 0.315 e. The lowest BCUT2D eigenvalue weighted by Crippen LogP contribution is -2.43. The van der Waals surface area contributed by atoms with E-state index in [2.05, 4.69) is 27.0 Å². The number of carbonyl (C=O) groups excluding carboxylic acids is 1. The third-order valence-corrected chi connectivity index (χ3v) is 3.32. The molecule has 0 bridgehead atoms. The summed E-state index contributed by atoms with van der Waals surface area (Å²) in [5.41, 5.74) is 0.499. The van der Waals surface area contributed by atoms with Gasteiger partial charge in [-0.25, -0.2) is 9.78 Å². The van der Waals surface area contributed by atoms with Gasteiger partial charge >= 0.3 is 6.03 Å². The van der Waals surface area contributed by atoms with E-state index in [1.54, 1.807) is 18.3 Å². The minimum absolute atomic E-state index is 0.146. The largest absolute Gasteiger partial charge is 0.367 e. The van der Waals surface area contributed by atoms with E-state index in [1.165, 1.54) is 12.8 Å². The molecule has 0 aromatic carbocycles. The van der Waals surface area contributed by atoms with Crippen LogP contribution in [0, 0.1) is 17.2 Å². The van der Waals surface area contributed by atoms with Crippen molar-refractivity contribution in [1.29, 1.82) is 5.26 Å². The van der Waals surface area contributed by atoms with Gasteiger partial charge in [-0.3, -0.25) is 0 Å². The molecule has 6 nitrogen and oxygen atoms in total. The zero-order valence-electron chi connectivity index (χ0n) is 11.5. The van der Waals surface area contributed by atoms with E-state index in [-0.39, 0.29) is 12.1 Å². The number of pyridine rings is 1. The summed E-state index contributed by atoms with van der Waals surface area (Å²) in [6.45, 7) is 3.03. The van der Waals surface area contributed by atoms with Crippen molar-refractivity contribution in [2.75, 3.05) is 18.4 Å². The van der Waals surface area contributed by atoms with E-state index in [0.29, 0.717) is 30.4 Å². The van der Waals surface area contributed by atoms with Crippen LogP contribution in [0.2, 0.25) is 0 Å². The molecule has 106 valence electrons. The molecule has 2 amide bonds. The van der Waals surface area contributed by atoms with Gasteiger partial charge in [-0.15, -0.1) is 0 Å². The number of anilines is 1. The third-order valence-electron chi connectivity index (χ3n) is 3.32. The summed E-state index contributed by atoms with van der Waals surface area (Å²) in [6, 6.07) is 5.58. The van der Waals surface area contributed by atoms with E-state index in [1.807, 2.05) is 6.92 Å². The van der Waals surface area contributed by atoms with Crippen LogP contribution in [0.5, 0.6) is 0 Å². The van der Waals surface area contributed by atoms with E-state index in [9.17, 15) is 4.79 Å². The molecule has 1 aromatic heterocycles. The second kappa shape index (κ2) is 6.75. The minimum atomic E-state index is -0.146. The lowest BCUT2D eigenvalue weighted by molar-refractivity contribution is 0.237. The molecule has 0 saturated heterocycles. The van der Waals surface area contributed by atoms with Crippen LogP contribution in [0.4, 0.5) is 10.6 Å². The fourth-order valence-corrected chi connectivity index (χ4v) is 1.97. The molecule has 1 fully saturated rings. The number of nitriles is 1. The molecule has 0 aliphatic heterocycles. The molecule has 20 heavy (non-hydrogen) atoms. The van der Waals surface area contributed by atoms with Crippen LogP contribution in [0.25, 0.3) is 0 Å². The van der Waals surface area contributed by atoms with Crippen molar-refractivity contribution in [2.24, 2.45) is 5.92 Å². The van der Waals surface area contributed by atoms with Crippen LogP contribution in [0.3, 0.4) is 0 Å². The van der Waals surface area contributed by atoms with E-state index < -0.39 is 0 Å². The fraction of sp³-hybridized carbons (Fsp3) is 0.500. The molecule has 0 radical (unpaired) electrons. The van der Waals surface area contributed by atoms with Crippen molar-refractivity contribution in [2.45, 2.75) is 25.8 Å². The van der Waals surface area contributed by atoms with Gasteiger partial charge < -0.3 is 16.0 Å². The molecule has 1 heterocycles. The second-order valence-electron chi connectivity index (χ2n) is 4.96. The van der Waals surface area contributed by atoms with Crippen molar-refractivity contribution in [3.63, 3.8) is 0 Å². The van der Waals surface area contributed by atoms with Crippen LogP contribution in [0.1, 0.15) is 25.3 Å². The Kier molecular flexibility index (Phi) is 4.77. The summed E-state index contributed by atoms with van der Waals surface area (Å²) in [5, 5.41) is 17.6. The molecule has 1 aliphatic rings. The van der Waals surface area contributed by atoms with Gasteiger partial charge in [0.1, 0.15) is 11.9 Å². The Morgan fingerprint density at radius 2 is 2.35 bits per heavy atom. The van der Waals surface area contributed by atoms with Crippen molar-refractivity contribution >= 4 is 11.8 Å². The molecule has 1 aliphatic carbocycles. The van der Waals surface area contributed by atoms with Gasteiger partial charge in [-0.2, -0.15) is 5.26 Å². The van der Waals surface area contributed by atoms with Crippen LogP contribution >= 0.6 is 0 Å². The van der Waals surface area contributed by atoms with Gasteiger partial charge in [0.2, 0.25) is 0 Å². The Morgan fingerprint density at radius 1 is 1.55 bits per heavy atom. The number of rotatable bonds is 6. The first-order valence-corrected chi connectivity index (χ1v) is 6.84. The average molecular weight is 273 g/mol. The Balaban J connectivity index is 1.66. The molecule has 1 atom stereocenters. The second-order valence-corrected chi connectivity index (χ2v) is 4.96. The average Bonchev–Trinajstić information content (AvgIpc) is 3.28. The number of hydrogen-bond donors (Lipinski definition) is 3. The molecular weight excluding hydrogens is 254 g/mol. The summed E-state index contributed by atoms with van der Waals surface area (Å²) in [4.78, 5) is 15.7. The lowest BCUT2D eigenvalue weighted by Gasteiger charge is -2.14. The minimum Gasteiger partial charge on any atom is -0.367 e. The summed E-state index contributed by atoms with van der Waals surface area (Å²) < 4.78 is 0. The number of carbonyl (C=O) groups is 1. The number of aromatic nitrogens is 1. The Morgan fingerprint density at radius 3 is 3.05 bits per heavy atom. The Bertz CT molecular complexity index is 507. The summed E-state index contributed by atoms with van der Waals surface area (Å²) in [7, 11) is 0. The number of hydrogen-bond acceptors (Lipinski definition) is 4. The zero-order valence-corrected chi connectivity index (χ0v) is 11.5. The van der Waals surface area contributed by atoms with Gasteiger partial charge in [0.05, 0.1) is 5.56 Å². The van der Waals surface area contributed by atoms with Crippen molar-refractivity contribution in [3.05, 3.63) is 23.9 Å². The topological polar surface area (TPSA) is 89.8 Å². The van der Waals surface area contributed by atoms with Crippen molar-refractivity contribution in [1.82, 2.24) is 15.6 Å². The van der Waals surface area contributed by atoms with Gasteiger partial charge in [-0.05, 0) is 37.8 Å². The molecule has 1 aromatic rings. The molecule has 2 rings (SSSR count). The highest BCUT2D eigenvalue weighted by Gasteiger charge is 2.28. The highest BCUT2D eigenvalue weighted by atomic mass is 16.2. The maximum atomic E-state index is 11.6. The number of nitrogens with one attached hydrogen (secondary N) is 3. The number of urea groups is 1. The van der Waals surface area contributed by atoms with Gasteiger partial charge in [0.15, 0.2) is 0 Å². The van der Waals surface area contributed by atoms with Gasteiger partial charge in [0.25, 0.3) is 0 Å². The van der Waals surface area contributed by atoms with E-state index in [4.69, 9.17) is 5.26 Å². The molecular formula is C14H19N5O. The van der Waals surface area contributed by atoms with E-state index in [0.717, 1.165) is 0 Å². The molecule has 6 heteroatoms. The van der Waals surface area contributed by atoms with Gasteiger partial charge in [0, 0.05) is 25.3 Å². The van der Waals surface area contributed by atoms with Crippen molar-refractivity contribution < 1.29 is 4.79 Å². The third kappa shape index (κ3) is 4.12. The quantitative estimate of drug-likeness (QED) is 0.684. The van der Waals surface area contributed by atoms with Crippen LogP contribution in [0.15, 0.2) is 18.3 Å². The fourth-order valence-electron chi connectivity index (χ4n) is 1.97. The Hall–Kier alpha value is -2.29. The van der Waals surface area contributed by atoms with Gasteiger partial charge in [-0.1, -0.05) is 0 Å². The predicted molar refractivity (Wildman–Crippen MR) is 76.2 cm³/mol. The van der Waals surface area contributed by atoms with Crippen LogP contribution in [-0.2, 0) is 0 Å². The number of amides is 2. The SMILES string of the molecule is CC(NC(=O)NCCNc1ncccc1C#N)C1CC1. The molecule has 1 saturated carbocycles. The van der Waals surface area contributed by atoms with Crippen LogP contribution < -0.4 is 16.0 Å². The first kappa shape index (κ1) is 14.1. The predicted octanol–water partition coefficient (Wildman–Crippen LogP) is 1.46. The number of nitrogens with zero attached hydrogens (tertiary/aromatic N) is 2. The normalized spacial score (nSPS) is 15.0. The maximum Gasteiger partial charge on any atom is 0.315 e. The summed E-state index contributed by atoms with van der Waals surface area (Å²) in [5.74, 6) is 1.19. The zero-order chi connectivity index (χ0) is 14.4. The lowest BCUT2D eigenvalue weighted by atomic mass is 10.2. The maximum absolute atomic E-state index is 11.6. The van der Waals surface area contributed by atoms with Crippen LogP contribution in [-0.4, -0.2) is 30.1 Å². The molecule has 3 N–H and O–H groups in total. The highest BCUT2D eigenvalue weighted by molar-refractivity contribution is 5.74. The summed E-state index contributed by atoms with van der Waals surface area (Å²) >= 11 is 0. The highest BCUT2D eigenvalue weighted by Crippen LogP contribution is 2.32. The molecule has 0 spiro atoms.